The Kier molecular flexibility index (Phi) is 10.5. The van der Waals surface area contributed by atoms with E-state index in [4.69, 9.17) is 0 Å². The van der Waals surface area contributed by atoms with E-state index >= 15 is 0 Å². The molecule has 0 fully saturated rings. The second kappa shape index (κ2) is 17.3. The summed E-state index contributed by atoms with van der Waals surface area (Å²) in [5.74, 6) is 0. The van der Waals surface area contributed by atoms with Crippen molar-refractivity contribution in [2.24, 2.45) is 0 Å². The number of fused-ring (bicyclic) bond motifs is 9. The van der Waals surface area contributed by atoms with Gasteiger partial charge in [-0.05, 0) is 177 Å². The Balaban J connectivity index is 0.711. The number of benzene rings is 10. The summed E-state index contributed by atoms with van der Waals surface area (Å²) in [5.41, 5.74) is 27.4. The maximum Gasteiger partial charge on any atom is 0.0541 e. The maximum atomic E-state index is 2.41. The van der Waals surface area contributed by atoms with Crippen LogP contribution in [0.3, 0.4) is 0 Å². The molecule has 0 aliphatic heterocycles. The third-order valence-corrected chi connectivity index (χ3v) is 15.4. The largest absolute Gasteiger partial charge is 0.309 e. The highest BCUT2D eigenvalue weighted by Gasteiger charge is 2.35. The Morgan fingerprint density at radius 1 is 0.301 bits per heavy atom. The molecule has 13 rings (SSSR count). The lowest BCUT2D eigenvalue weighted by molar-refractivity contribution is 0.660. The lowest BCUT2D eigenvalue weighted by atomic mass is 9.81. The van der Waals surface area contributed by atoms with Gasteiger partial charge in [0.25, 0.3) is 0 Å². The molecule has 0 N–H and O–H groups in total. The minimum absolute atomic E-state index is 0.125. The van der Waals surface area contributed by atoms with Crippen molar-refractivity contribution in [3.05, 3.63) is 262 Å². The standard InChI is InChI=1S/C71H56N2/c1-45-35-46(2)38-57(37-45)72-67-13-9-7-11-61(67)63-43-55(29-33-69(63)72)53-25-19-49(20-26-53)15-17-51-23-31-59-60-32-24-52(42-66(60)71(5,6)65(59)41-51)18-16-50-21-27-54(28-22-50)56-30-34-70-64(44-56)62-12-8-10-14-68(62)73(70)58-39-47(3)36-48(4)40-58/h7-44H,1-6H3/b17-15+,18-16+. The number of hydrogen-bond acceptors (Lipinski definition) is 0. The molecule has 73 heavy (non-hydrogen) atoms. The first kappa shape index (κ1) is 44.2. The van der Waals surface area contributed by atoms with E-state index in [0.29, 0.717) is 0 Å². The van der Waals surface area contributed by atoms with Gasteiger partial charge in [-0.2, -0.15) is 0 Å². The molecule has 10 aromatic carbocycles. The normalized spacial score (nSPS) is 13.1. The van der Waals surface area contributed by atoms with Gasteiger partial charge in [0.2, 0.25) is 0 Å². The molecule has 0 saturated carbocycles. The molecule has 0 atom stereocenters. The average Bonchev–Trinajstić information content (AvgIpc) is 3.99. The summed E-state index contributed by atoms with van der Waals surface area (Å²) in [6.45, 7) is 13.4. The summed E-state index contributed by atoms with van der Waals surface area (Å²) in [6.07, 6.45) is 8.99. The van der Waals surface area contributed by atoms with E-state index in [1.165, 1.54) is 144 Å². The molecule has 2 heterocycles. The van der Waals surface area contributed by atoms with E-state index in [-0.39, 0.29) is 5.41 Å². The number of aryl methyl sites for hydroxylation is 4. The summed E-state index contributed by atoms with van der Waals surface area (Å²) in [7, 11) is 0. The van der Waals surface area contributed by atoms with Crippen molar-refractivity contribution in [3.63, 3.8) is 0 Å². The van der Waals surface area contributed by atoms with Crippen molar-refractivity contribution in [1.82, 2.24) is 9.13 Å². The fourth-order valence-electron chi connectivity index (χ4n) is 12.0. The molecule has 1 aliphatic carbocycles. The molecule has 0 spiro atoms. The zero-order valence-corrected chi connectivity index (χ0v) is 42.3. The molecule has 1 aliphatic rings. The summed E-state index contributed by atoms with van der Waals surface area (Å²) >= 11 is 0. The van der Waals surface area contributed by atoms with E-state index in [0.717, 1.165) is 0 Å². The van der Waals surface area contributed by atoms with Crippen molar-refractivity contribution >= 4 is 67.9 Å². The van der Waals surface area contributed by atoms with Crippen LogP contribution in [0.15, 0.2) is 206 Å². The van der Waals surface area contributed by atoms with Gasteiger partial charge in [-0.15, -0.1) is 0 Å². The Bertz CT molecular complexity index is 3930. The molecule has 2 nitrogen and oxygen atoms in total. The highest BCUT2D eigenvalue weighted by Crippen LogP contribution is 2.49. The van der Waals surface area contributed by atoms with Gasteiger partial charge in [0.15, 0.2) is 0 Å². The van der Waals surface area contributed by atoms with Crippen LogP contribution in [0.2, 0.25) is 0 Å². The van der Waals surface area contributed by atoms with Crippen molar-refractivity contribution in [2.75, 3.05) is 0 Å². The first-order valence-corrected chi connectivity index (χ1v) is 25.6. The van der Waals surface area contributed by atoms with Crippen molar-refractivity contribution in [1.29, 1.82) is 0 Å². The Morgan fingerprint density at radius 3 is 1.05 bits per heavy atom. The first-order chi connectivity index (χ1) is 35.5. The SMILES string of the molecule is Cc1cc(C)cc(-n2c3ccccc3c3cc(-c4ccc(/C=C/c5ccc6c(c5)C(C)(C)c5cc(/C=C/c7ccc(-c8ccc9c(c8)c8ccccc8n9-c8cc(C)cc(C)c8)cc7)ccc5-6)cc4)ccc32)c1. The molecule has 350 valence electrons. The molecular weight excluding hydrogens is 881 g/mol. The molecular formula is C71H56N2. The molecule has 0 saturated heterocycles. The van der Waals surface area contributed by atoms with Crippen LogP contribution in [0.4, 0.5) is 0 Å². The van der Waals surface area contributed by atoms with E-state index in [9.17, 15) is 0 Å². The van der Waals surface area contributed by atoms with Crippen molar-refractivity contribution in [3.8, 4) is 44.8 Å². The second-order valence-corrected chi connectivity index (χ2v) is 21.0. The van der Waals surface area contributed by atoms with Gasteiger partial charge in [0.05, 0.1) is 22.1 Å². The fraction of sp³-hybridized carbons (Fsp3) is 0.0986. The minimum atomic E-state index is -0.125. The molecule has 0 radical (unpaired) electrons. The molecule has 0 bridgehead atoms. The van der Waals surface area contributed by atoms with Crippen LogP contribution in [0.5, 0.6) is 0 Å². The van der Waals surface area contributed by atoms with Crippen LogP contribution >= 0.6 is 0 Å². The number of para-hydroxylation sites is 2. The van der Waals surface area contributed by atoms with Crippen LogP contribution < -0.4 is 0 Å². The zero-order valence-electron chi connectivity index (χ0n) is 42.3. The van der Waals surface area contributed by atoms with E-state index in [1.807, 2.05) is 0 Å². The first-order valence-electron chi connectivity index (χ1n) is 25.6. The number of hydrogen-bond donors (Lipinski definition) is 0. The lowest BCUT2D eigenvalue weighted by Gasteiger charge is -2.22. The van der Waals surface area contributed by atoms with Crippen LogP contribution in [0, 0.1) is 27.7 Å². The van der Waals surface area contributed by atoms with Crippen LogP contribution in [-0.2, 0) is 5.41 Å². The summed E-state index contributed by atoms with van der Waals surface area (Å²) in [6, 6.07) is 76.9. The maximum absolute atomic E-state index is 2.41. The van der Waals surface area contributed by atoms with Gasteiger partial charge in [0.1, 0.15) is 0 Å². The summed E-state index contributed by atoms with van der Waals surface area (Å²) < 4.78 is 4.82. The molecule has 0 unspecified atom stereocenters. The minimum Gasteiger partial charge on any atom is -0.309 e. The number of aromatic nitrogens is 2. The lowest BCUT2D eigenvalue weighted by Crippen LogP contribution is -2.15. The van der Waals surface area contributed by atoms with E-state index in [1.54, 1.807) is 0 Å². The van der Waals surface area contributed by atoms with Gasteiger partial charge in [-0.25, -0.2) is 0 Å². The van der Waals surface area contributed by atoms with Crippen molar-refractivity contribution in [2.45, 2.75) is 47.0 Å². The Hall–Kier alpha value is -8.72. The summed E-state index contributed by atoms with van der Waals surface area (Å²) in [5, 5.41) is 5.09. The van der Waals surface area contributed by atoms with Crippen LogP contribution in [0.1, 0.15) is 69.5 Å². The third kappa shape index (κ3) is 7.73. The van der Waals surface area contributed by atoms with E-state index < -0.39 is 0 Å². The Morgan fingerprint density at radius 2 is 0.644 bits per heavy atom. The topological polar surface area (TPSA) is 9.86 Å². The smallest absolute Gasteiger partial charge is 0.0541 e. The van der Waals surface area contributed by atoms with Gasteiger partial charge < -0.3 is 9.13 Å². The average molecular weight is 937 g/mol. The molecule has 12 aromatic rings. The van der Waals surface area contributed by atoms with Crippen molar-refractivity contribution < 1.29 is 0 Å². The van der Waals surface area contributed by atoms with Crippen LogP contribution in [0.25, 0.3) is 113 Å². The monoisotopic (exact) mass is 936 g/mol. The molecule has 2 heteroatoms. The molecule has 0 amide bonds. The highest BCUT2D eigenvalue weighted by molar-refractivity contribution is 6.11. The third-order valence-electron chi connectivity index (χ3n) is 15.4. The summed E-state index contributed by atoms with van der Waals surface area (Å²) in [4.78, 5) is 0. The quantitative estimate of drug-likeness (QED) is 0.134. The predicted molar refractivity (Wildman–Crippen MR) is 313 cm³/mol. The zero-order chi connectivity index (χ0) is 49.5. The Labute approximate surface area is 428 Å². The van der Waals surface area contributed by atoms with Gasteiger partial charge in [0, 0.05) is 38.3 Å². The second-order valence-electron chi connectivity index (χ2n) is 21.0. The van der Waals surface area contributed by atoms with Gasteiger partial charge in [-0.3, -0.25) is 0 Å². The van der Waals surface area contributed by atoms with Gasteiger partial charge in [-0.1, -0.05) is 184 Å². The predicted octanol–water partition coefficient (Wildman–Crippen LogP) is 19.1. The number of nitrogens with zero attached hydrogens (tertiary/aromatic N) is 2. The number of rotatable bonds is 8. The fourth-order valence-corrected chi connectivity index (χ4v) is 12.0. The van der Waals surface area contributed by atoms with Gasteiger partial charge >= 0.3 is 0 Å². The van der Waals surface area contributed by atoms with Crippen LogP contribution in [-0.4, -0.2) is 9.13 Å². The highest BCUT2D eigenvalue weighted by atomic mass is 15.0. The molecule has 2 aromatic heterocycles. The van der Waals surface area contributed by atoms with E-state index in [2.05, 4.69) is 281 Å².